The lowest BCUT2D eigenvalue weighted by Gasteiger charge is -2.15. The summed E-state index contributed by atoms with van der Waals surface area (Å²) in [7, 11) is 1.94. The van der Waals surface area contributed by atoms with E-state index in [1.54, 1.807) is 13.0 Å². The molecule has 2 unspecified atom stereocenters. The molecule has 7 heteroatoms. The van der Waals surface area contributed by atoms with Gasteiger partial charge in [0.25, 0.3) is 0 Å². The van der Waals surface area contributed by atoms with Gasteiger partial charge in [0.2, 0.25) is 5.88 Å². The van der Waals surface area contributed by atoms with E-state index in [0.717, 1.165) is 42.4 Å². The molecule has 1 heterocycles. The van der Waals surface area contributed by atoms with E-state index in [1.165, 1.54) is 51.2 Å². The minimum absolute atomic E-state index is 0.291. The maximum absolute atomic E-state index is 12.3. The quantitative estimate of drug-likeness (QED) is 0.284. The molecule has 0 aliphatic heterocycles. The standard InChI is InChI=1S/C16H31N3O.C7H7FO.C2H4O/c1-5-7-14(9-8-13(3)6-2)15-12-16(20-19-15)18-11-10-17-4;1-5-2-3-7(9)6(8)4-5;1-2-3/h12-14,17-18H,5-11H2,1-4H3;2-4,9H,1H3;2H,1H3. The molecule has 0 fully saturated rings. The van der Waals surface area contributed by atoms with E-state index in [-0.39, 0.29) is 5.75 Å². The second-order valence-corrected chi connectivity index (χ2v) is 7.91. The number of anilines is 1. The molecule has 182 valence electrons. The molecule has 1 aromatic carbocycles. The van der Waals surface area contributed by atoms with Gasteiger partial charge in [-0.3, -0.25) is 0 Å². The average Bonchev–Trinajstić information content (AvgIpc) is 3.23. The van der Waals surface area contributed by atoms with Gasteiger partial charge in [-0.05, 0) is 57.4 Å². The van der Waals surface area contributed by atoms with E-state index >= 15 is 0 Å². The van der Waals surface area contributed by atoms with Crippen molar-refractivity contribution in [2.24, 2.45) is 5.92 Å². The second kappa shape index (κ2) is 18.2. The number of hydrogen-bond donors (Lipinski definition) is 3. The minimum atomic E-state index is -0.560. The lowest BCUT2D eigenvalue weighted by Crippen LogP contribution is -2.17. The second-order valence-electron chi connectivity index (χ2n) is 7.91. The van der Waals surface area contributed by atoms with E-state index in [9.17, 15) is 4.39 Å². The zero-order valence-electron chi connectivity index (χ0n) is 20.6. The average molecular weight is 452 g/mol. The van der Waals surface area contributed by atoms with Crippen molar-refractivity contribution in [2.75, 3.05) is 25.5 Å². The van der Waals surface area contributed by atoms with Gasteiger partial charge in [-0.15, -0.1) is 0 Å². The summed E-state index contributed by atoms with van der Waals surface area (Å²) < 4.78 is 17.7. The van der Waals surface area contributed by atoms with Crippen molar-refractivity contribution in [3.8, 4) is 5.75 Å². The van der Waals surface area contributed by atoms with Crippen molar-refractivity contribution in [2.45, 2.75) is 72.6 Å². The van der Waals surface area contributed by atoms with Gasteiger partial charge in [0.1, 0.15) is 6.29 Å². The van der Waals surface area contributed by atoms with Crippen LogP contribution < -0.4 is 10.6 Å². The molecule has 1 aromatic heterocycles. The third-order valence-corrected chi connectivity index (χ3v) is 5.07. The highest BCUT2D eigenvalue weighted by molar-refractivity contribution is 5.44. The van der Waals surface area contributed by atoms with Gasteiger partial charge in [-0.25, -0.2) is 4.39 Å². The molecular weight excluding hydrogens is 409 g/mol. The largest absolute Gasteiger partial charge is 0.505 e. The van der Waals surface area contributed by atoms with Crippen molar-refractivity contribution < 1.29 is 18.8 Å². The number of aromatic hydroxyl groups is 1. The molecule has 0 radical (unpaired) electrons. The molecule has 32 heavy (non-hydrogen) atoms. The van der Waals surface area contributed by atoms with Crippen LogP contribution in [-0.4, -0.2) is 36.7 Å². The zero-order chi connectivity index (χ0) is 24.4. The molecule has 2 rings (SSSR count). The summed E-state index contributed by atoms with van der Waals surface area (Å²) in [5.74, 6) is 1.28. The number of carbonyl (C=O) groups excluding carboxylic acids is 1. The number of phenolic OH excluding ortho intramolecular Hbond substituents is 1. The first-order chi connectivity index (χ1) is 15.3. The number of benzene rings is 1. The maximum Gasteiger partial charge on any atom is 0.224 e. The van der Waals surface area contributed by atoms with Crippen LogP contribution in [-0.2, 0) is 4.79 Å². The Morgan fingerprint density at radius 2 is 1.88 bits per heavy atom. The van der Waals surface area contributed by atoms with Crippen LogP contribution >= 0.6 is 0 Å². The first kappa shape index (κ1) is 29.6. The fourth-order valence-corrected chi connectivity index (χ4v) is 2.97. The molecule has 0 saturated heterocycles. The number of aldehydes is 1. The van der Waals surface area contributed by atoms with E-state index in [0.29, 0.717) is 5.92 Å². The van der Waals surface area contributed by atoms with Gasteiger partial charge in [-0.1, -0.05) is 51.3 Å². The van der Waals surface area contributed by atoms with Gasteiger partial charge in [0, 0.05) is 25.1 Å². The van der Waals surface area contributed by atoms with Crippen molar-refractivity contribution in [3.05, 3.63) is 41.3 Å². The topological polar surface area (TPSA) is 87.4 Å². The molecule has 6 nitrogen and oxygen atoms in total. The molecule has 3 N–H and O–H groups in total. The number of phenols is 1. The third kappa shape index (κ3) is 13.1. The maximum atomic E-state index is 12.3. The lowest BCUT2D eigenvalue weighted by molar-refractivity contribution is -0.106. The van der Waals surface area contributed by atoms with Gasteiger partial charge in [0.05, 0.1) is 5.69 Å². The molecule has 0 aliphatic carbocycles. The molecule has 0 spiro atoms. The van der Waals surface area contributed by atoms with Crippen molar-refractivity contribution in [1.82, 2.24) is 10.5 Å². The Morgan fingerprint density at radius 1 is 1.19 bits per heavy atom. The molecule has 2 aromatic rings. The number of halogens is 1. The summed E-state index contributed by atoms with van der Waals surface area (Å²) in [5.41, 5.74) is 1.92. The molecular formula is C25H42FN3O3. The normalized spacial score (nSPS) is 12.0. The number of rotatable bonds is 11. The van der Waals surface area contributed by atoms with Crippen LogP contribution in [0.5, 0.6) is 5.75 Å². The number of likely N-dealkylation sites (N-methyl/N-ethyl adjacent to an activating group) is 1. The van der Waals surface area contributed by atoms with Crippen LogP contribution in [0.25, 0.3) is 0 Å². The Kier molecular flexibility index (Phi) is 16.8. The summed E-state index contributed by atoms with van der Waals surface area (Å²) in [6, 6.07) is 6.35. The fraction of sp³-hybridized carbons (Fsp3) is 0.600. The Balaban J connectivity index is 0.000000659. The van der Waals surface area contributed by atoms with Crippen molar-refractivity contribution in [1.29, 1.82) is 0 Å². The number of nitrogens with one attached hydrogen (secondary N) is 2. The molecule has 0 bridgehead atoms. The van der Waals surface area contributed by atoms with Crippen LogP contribution in [0.15, 0.2) is 28.8 Å². The molecule has 0 saturated carbocycles. The lowest BCUT2D eigenvalue weighted by atomic mass is 9.90. The zero-order valence-corrected chi connectivity index (χ0v) is 20.6. The minimum Gasteiger partial charge on any atom is -0.505 e. The highest BCUT2D eigenvalue weighted by Gasteiger charge is 2.16. The van der Waals surface area contributed by atoms with Crippen LogP contribution in [0.4, 0.5) is 10.3 Å². The van der Waals surface area contributed by atoms with Crippen LogP contribution in [0.2, 0.25) is 0 Å². The summed E-state index contributed by atoms with van der Waals surface area (Å²) in [4.78, 5) is 8.81. The number of hydrogen-bond acceptors (Lipinski definition) is 6. The predicted molar refractivity (Wildman–Crippen MR) is 130 cm³/mol. The highest BCUT2D eigenvalue weighted by Crippen LogP contribution is 2.29. The predicted octanol–water partition coefficient (Wildman–Crippen LogP) is 6.06. The summed E-state index contributed by atoms with van der Waals surface area (Å²) in [6.45, 7) is 11.8. The van der Waals surface area contributed by atoms with Crippen molar-refractivity contribution in [3.63, 3.8) is 0 Å². The monoisotopic (exact) mass is 451 g/mol. The van der Waals surface area contributed by atoms with E-state index in [1.807, 2.05) is 7.05 Å². The summed E-state index contributed by atoms with van der Waals surface area (Å²) >= 11 is 0. The highest BCUT2D eigenvalue weighted by atomic mass is 19.1. The van der Waals surface area contributed by atoms with Gasteiger partial charge in [0.15, 0.2) is 11.6 Å². The molecule has 0 amide bonds. The Bertz CT molecular complexity index is 737. The number of nitrogens with zero attached hydrogens (tertiary/aromatic N) is 1. The first-order valence-corrected chi connectivity index (χ1v) is 11.5. The van der Waals surface area contributed by atoms with Gasteiger partial charge >= 0.3 is 0 Å². The molecule has 2 atom stereocenters. The first-order valence-electron chi connectivity index (χ1n) is 11.5. The summed E-state index contributed by atoms with van der Waals surface area (Å²) in [6.07, 6.45) is 6.88. The smallest absolute Gasteiger partial charge is 0.224 e. The SMILES string of the molecule is CC=O.CCCC(CCC(C)CC)c1cc(NCCNC)on1.Cc1ccc(O)c(F)c1. The summed E-state index contributed by atoms with van der Waals surface area (Å²) in [5, 5.41) is 19.3. The molecule has 0 aliphatic rings. The third-order valence-electron chi connectivity index (χ3n) is 5.07. The van der Waals surface area contributed by atoms with Crippen LogP contribution in [0.1, 0.15) is 77.0 Å². The Morgan fingerprint density at radius 3 is 2.41 bits per heavy atom. The Labute approximate surface area is 193 Å². The Hall–Kier alpha value is -2.41. The van der Waals surface area contributed by atoms with E-state index in [2.05, 4.69) is 42.6 Å². The van der Waals surface area contributed by atoms with Gasteiger partial charge in [-0.2, -0.15) is 0 Å². The number of carbonyl (C=O) groups is 1. The van der Waals surface area contributed by atoms with Gasteiger partial charge < -0.3 is 25.1 Å². The van der Waals surface area contributed by atoms with E-state index < -0.39 is 5.82 Å². The van der Waals surface area contributed by atoms with E-state index in [4.69, 9.17) is 14.4 Å². The number of aromatic nitrogens is 1. The van der Waals surface area contributed by atoms with Crippen molar-refractivity contribution >= 4 is 12.2 Å². The van der Waals surface area contributed by atoms with Crippen LogP contribution in [0.3, 0.4) is 0 Å². The van der Waals surface area contributed by atoms with Crippen LogP contribution in [0, 0.1) is 18.7 Å². The number of aryl methyl sites for hydroxylation is 1. The fourth-order valence-electron chi connectivity index (χ4n) is 2.97.